The van der Waals surface area contributed by atoms with Crippen LogP contribution in [0.5, 0.6) is 0 Å². The Kier molecular flexibility index (Phi) is 4.21. The molecule has 0 radical (unpaired) electrons. The third-order valence-electron chi connectivity index (χ3n) is 2.06. The van der Waals surface area contributed by atoms with Crippen molar-refractivity contribution < 1.29 is 0 Å². The molecule has 0 aliphatic rings. The standard InChI is InChI=1S/C12H18N2S/c1-8(2)7-15-11-5-4-10(12(13)14)6-9(11)3/h4-6,8H,7H2,1-3H3,(H3,13,14). The monoisotopic (exact) mass is 222 g/mol. The molecule has 0 saturated heterocycles. The lowest BCUT2D eigenvalue weighted by molar-refractivity contribution is 0.750. The van der Waals surface area contributed by atoms with E-state index in [9.17, 15) is 0 Å². The highest BCUT2D eigenvalue weighted by Gasteiger charge is 2.03. The molecule has 82 valence electrons. The fourth-order valence-electron chi connectivity index (χ4n) is 1.24. The largest absolute Gasteiger partial charge is 0.384 e. The zero-order chi connectivity index (χ0) is 11.4. The van der Waals surface area contributed by atoms with Gasteiger partial charge in [-0.2, -0.15) is 0 Å². The fourth-order valence-corrected chi connectivity index (χ4v) is 2.20. The van der Waals surface area contributed by atoms with Crippen LogP contribution in [0.25, 0.3) is 0 Å². The van der Waals surface area contributed by atoms with Crippen LogP contribution in [-0.2, 0) is 0 Å². The third-order valence-corrected chi connectivity index (χ3v) is 3.66. The van der Waals surface area contributed by atoms with Crippen molar-refractivity contribution >= 4 is 17.6 Å². The summed E-state index contributed by atoms with van der Waals surface area (Å²) in [4.78, 5) is 1.29. The molecule has 0 bridgehead atoms. The fraction of sp³-hybridized carbons (Fsp3) is 0.417. The summed E-state index contributed by atoms with van der Waals surface area (Å²) in [6.45, 7) is 6.49. The van der Waals surface area contributed by atoms with Crippen LogP contribution in [0.1, 0.15) is 25.0 Å². The van der Waals surface area contributed by atoms with E-state index in [0.29, 0.717) is 5.92 Å². The number of thioether (sulfide) groups is 1. The predicted molar refractivity (Wildman–Crippen MR) is 67.8 cm³/mol. The molecule has 0 aliphatic heterocycles. The van der Waals surface area contributed by atoms with Crippen molar-refractivity contribution in [2.24, 2.45) is 11.7 Å². The Morgan fingerprint density at radius 1 is 1.47 bits per heavy atom. The highest BCUT2D eigenvalue weighted by molar-refractivity contribution is 7.99. The molecular formula is C12H18N2S. The van der Waals surface area contributed by atoms with Crippen molar-refractivity contribution in [1.29, 1.82) is 5.41 Å². The molecule has 0 fully saturated rings. The van der Waals surface area contributed by atoms with E-state index in [1.54, 1.807) is 0 Å². The Hall–Kier alpha value is -0.960. The molecule has 0 heterocycles. The van der Waals surface area contributed by atoms with Crippen molar-refractivity contribution in [3.05, 3.63) is 29.3 Å². The van der Waals surface area contributed by atoms with E-state index in [-0.39, 0.29) is 5.84 Å². The van der Waals surface area contributed by atoms with Gasteiger partial charge in [-0.1, -0.05) is 19.9 Å². The van der Waals surface area contributed by atoms with Gasteiger partial charge in [0.05, 0.1) is 0 Å². The first kappa shape index (κ1) is 12.1. The molecular weight excluding hydrogens is 204 g/mol. The summed E-state index contributed by atoms with van der Waals surface area (Å²) in [6.07, 6.45) is 0. The average Bonchev–Trinajstić information content (AvgIpc) is 2.15. The Morgan fingerprint density at radius 3 is 2.60 bits per heavy atom. The van der Waals surface area contributed by atoms with Crippen LogP contribution in [0, 0.1) is 18.3 Å². The van der Waals surface area contributed by atoms with Crippen molar-refractivity contribution in [3.8, 4) is 0 Å². The summed E-state index contributed by atoms with van der Waals surface area (Å²) in [5.41, 5.74) is 7.44. The smallest absolute Gasteiger partial charge is 0.122 e. The number of nitrogens with one attached hydrogen (secondary N) is 1. The van der Waals surface area contributed by atoms with Crippen LogP contribution in [0.3, 0.4) is 0 Å². The summed E-state index contributed by atoms with van der Waals surface area (Å²) in [5, 5.41) is 7.34. The van der Waals surface area contributed by atoms with Gasteiger partial charge in [0.15, 0.2) is 0 Å². The summed E-state index contributed by atoms with van der Waals surface area (Å²) in [5.74, 6) is 1.96. The highest BCUT2D eigenvalue weighted by atomic mass is 32.2. The molecule has 2 nitrogen and oxygen atoms in total. The van der Waals surface area contributed by atoms with Crippen LogP contribution in [0.2, 0.25) is 0 Å². The van der Waals surface area contributed by atoms with Gasteiger partial charge in [-0.15, -0.1) is 11.8 Å². The molecule has 1 rings (SSSR count). The van der Waals surface area contributed by atoms with Gasteiger partial charge in [0.2, 0.25) is 0 Å². The van der Waals surface area contributed by atoms with Gasteiger partial charge < -0.3 is 5.73 Å². The maximum Gasteiger partial charge on any atom is 0.122 e. The first-order valence-corrected chi connectivity index (χ1v) is 6.07. The number of hydrogen-bond acceptors (Lipinski definition) is 2. The van der Waals surface area contributed by atoms with E-state index >= 15 is 0 Å². The second-order valence-corrected chi connectivity index (χ2v) is 5.16. The molecule has 3 heteroatoms. The van der Waals surface area contributed by atoms with Crippen LogP contribution in [0.15, 0.2) is 23.1 Å². The molecule has 1 aromatic rings. The Bertz CT molecular complexity index is 359. The molecule has 15 heavy (non-hydrogen) atoms. The van der Waals surface area contributed by atoms with Crippen LogP contribution in [-0.4, -0.2) is 11.6 Å². The van der Waals surface area contributed by atoms with Crippen LogP contribution in [0.4, 0.5) is 0 Å². The van der Waals surface area contributed by atoms with Gasteiger partial charge in [0.25, 0.3) is 0 Å². The zero-order valence-electron chi connectivity index (χ0n) is 9.50. The SMILES string of the molecule is Cc1cc(C(=N)N)ccc1SCC(C)C. The maximum absolute atomic E-state index is 7.34. The number of amidine groups is 1. The molecule has 0 atom stereocenters. The molecule has 1 aromatic carbocycles. The molecule has 3 N–H and O–H groups in total. The lowest BCUT2D eigenvalue weighted by Crippen LogP contribution is -2.11. The first-order valence-electron chi connectivity index (χ1n) is 5.08. The molecule has 0 saturated carbocycles. The van der Waals surface area contributed by atoms with Crippen LogP contribution < -0.4 is 5.73 Å². The van der Waals surface area contributed by atoms with E-state index < -0.39 is 0 Å². The van der Waals surface area contributed by atoms with Gasteiger partial charge in [0, 0.05) is 16.2 Å². The van der Waals surface area contributed by atoms with Crippen molar-refractivity contribution in [2.75, 3.05) is 5.75 Å². The van der Waals surface area contributed by atoms with E-state index in [4.69, 9.17) is 11.1 Å². The Balaban J connectivity index is 2.79. The second-order valence-electron chi connectivity index (χ2n) is 4.10. The topological polar surface area (TPSA) is 49.9 Å². The van der Waals surface area contributed by atoms with Gasteiger partial charge in [-0.05, 0) is 30.5 Å². The summed E-state index contributed by atoms with van der Waals surface area (Å²) in [7, 11) is 0. The van der Waals surface area contributed by atoms with Crippen molar-refractivity contribution in [3.63, 3.8) is 0 Å². The minimum atomic E-state index is 0.138. The number of aryl methyl sites for hydroxylation is 1. The van der Waals surface area contributed by atoms with E-state index in [2.05, 4.69) is 26.8 Å². The number of benzene rings is 1. The van der Waals surface area contributed by atoms with E-state index in [1.165, 1.54) is 10.5 Å². The summed E-state index contributed by atoms with van der Waals surface area (Å²) >= 11 is 1.86. The molecule has 0 aromatic heterocycles. The molecule has 0 unspecified atom stereocenters. The van der Waals surface area contributed by atoms with Gasteiger partial charge in [0.1, 0.15) is 5.84 Å². The van der Waals surface area contributed by atoms with E-state index in [0.717, 1.165) is 11.3 Å². The lowest BCUT2D eigenvalue weighted by Gasteiger charge is -2.09. The van der Waals surface area contributed by atoms with Gasteiger partial charge in [-0.25, -0.2) is 0 Å². The number of nitrogens with two attached hydrogens (primary N) is 1. The summed E-state index contributed by atoms with van der Waals surface area (Å²) in [6, 6.07) is 5.95. The predicted octanol–water partition coefficient (Wildman–Crippen LogP) is 3.03. The number of nitrogen functional groups attached to an aromatic ring is 1. The minimum Gasteiger partial charge on any atom is -0.384 e. The molecule has 0 amide bonds. The maximum atomic E-state index is 7.34. The Labute approximate surface area is 95.8 Å². The van der Waals surface area contributed by atoms with E-state index in [1.807, 2.05) is 23.9 Å². The van der Waals surface area contributed by atoms with Gasteiger partial charge >= 0.3 is 0 Å². The number of rotatable bonds is 4. The number of hydrogen-bond donors (Lipinski definition) is 2. The average molecular weight is 222 g/mol. The third kappa shape index (κ3) is 3.59. The normalized spacial score (nSPS) is 10.7. The second kappa shape index (κ2) is 5.21. The quantitative estimate of drug-likeness (QED) is 0.467. The first-order chi connectivity index (χ1) is 7.00. The van der Waals surface area contributed by atoms with Crippen molar-refractivity contribution in [2.45, 2.75) is 25.7 Å². The summed E-state index contributed by atoms with van der Waals surface area (Å²) < 4.78 is 0. The Morgan fingerprint density at radius 2 is 2.13 bits per heavy atom. The minimum absolute atomic E-state index is 0.138. The highest BCUT2D eigenvalue weighted by Crippen LogP contribution is 2.24. The van der Waals surface area contributed by atoms with Crippen LogP contribution >= 0.6 is 11.8 Å². The molecule has 0 spiro atoms. The molecule has 0 aliphatic carbocycles. The zero-order valence-corrected chi connectivity index (χ0v) is 10.3. The lowest BCUT2D eigenvalue weighted by atomic mass is 10.1. The van der Waals surface area contributed by atoms with Gasteiger partial charge in [-0.3, -0.25) is 5.41 Å². The van der Waals surface area contributed by atoms with Crippen molar-refractivity contribution in [1.82, 2.24) is 0 Å².